The first kappa shape index (κ1) is 14.8. The molecule has 4 heteroatoms. The number of benzene rings is 2. The molecule has 0 aromatic heterocycles. The van der Waals surface area contributed by atoms with E-state index in [2.05, 4.69) is 11.4 Å². The Morgan fingerprint density at radius 3 is 2.55 bits per heavy atom. The summed E-state index contributed by atoms with van der Waals surface area (Å²) in [5, 5.41) is 3.04. The molecule has 1 aliphatic carbocycles. The lowest BCUT2D eigenvalue weighted by Gasteiger charge is -2.22. The molecule has 2 aromatic rings. The lowest BCUT2D eigenvalue weighted by atomic mass is 10.1. The van der Waals surface area contributed by atoms with Crippen molar-refractivity contribution in [3.63, 3.8) is 0 Å². The van der Waals surface area contributed by atoms with E-state index in [9.17, 15) is 4.79 Å². The Labute approximate surface area is 130 Å². The first-order chi connectivity index (χ1) is 10.7. The number of hydrogen-bond acceptors (Lipinski definition) is 3. The van der Waals surface area contributed by atoms with Crippen molar-refractivity contribution in [1.29, 1.82) is 0 Å². The van der Waals surface area contributed by atoms with E-state index in [1.165, 1.54) is 5.56 Å². The molecule has 1 amide bonds. The molecule has 0 fully saturated rings. The van der Waals surface area contributed by atoms with E-state index < -0.39 is 6.10 Å². The van der Waals surface area contributed by atoms with Crippen LogP contribution in [0.2, 0.25) is 0 Å². The quantitative estimate of drug-likeness (QED) is 0.908. The monoisotopic (exact) mass is 296 g/mol. The average Bonchev–Trinajstić information content (AvgIpc) is 2.86. The summed E-state index contributed by atoms with van der Waals surface area (Å²) in [6.45, 7) is 0. The number of fused-ring (bicyclic) bond motifs is 1. The average molecular weight is 296 g/mol. The number of ether oxygens (including phenoxy) is 1. The van der Waals surface area contributed by atoms with Gasteiger partial charge in [0.2, 0.25) is 0 Å². The van der Waals surface area contributed by atoms with Gasteiger partial charge in [0, 0.05) is 7.11 Å². The number of carbonyl (C=O) groups is 1. The van der Waals surface area contributed by atoms with Crippen molar-refractivity contribution in [2.24, 2.45) is 5.73 Å². The fraction of sp³-hybridized carbons (Fsp3) is 0.278. The molecule has 3 atom stereocenters. The third kappa shape index (κ3) is 2.75. The van der Waals surface area contributed by atoms with Crippen LogP contribution in [0.25, 0.3) is 0 Å². The van der Waals surface area contributed by atoms with Gasteiger partial charge >= 0.3 is 0 Å². The van der Waals surface area contributed by atoms with Crippen molar-refractivity contribution in [3.05, 3.63) is 71.3 Å². The Balaban J connectivity index is 1.72. The number of methoxy groups -OCH3 is 1. The number of carbonyl (C=O) groups excluding carboxylic acids is 1. The zero-order valence-corrected chi connectivity index (χ0v) is 12.5. The van der Waals surface area contributed by atoms with Gasteiger partial charge in [-0.2, -0.15) is 0 Å². The van der Waals surface area contributed by atoms with E-state index >= 15 is 0 Å². The van der Waals surface area contributed by atoms with Crippen LogP contribution in [0.1, 0.15) is 28.8 Å². The lowest BCUT2D eigenvalue weighted by Crippen LogP contribution is -2.43. The van der Waals surface area contributed by atoms with E-state index in [1.807, 2.05) is 48.5 Å². The third-order valence-electron chi connectivity index (χ3n) is 4.19. The number of nitrogens with two attached hydrogens (primary N) is 1. The smallest absolute Gasteiger partial charge is 0.254 e. The highest BCUT2D eigenvalue weighted by atomic mass is 16.5. The van der Waals surface area contributed by atoms with Crippen molar-refractivity contribution in [2.45, 2.75) is 24.6 Å². The molecular formula is C18H20N2O2. The van der Waals surface area contributed by atoms with Crippen molar-refractivity contribution in [1.82, 2.24) is 5.32 Å². The van der Waals surface area contributed by atoms with Gasteiger partial charge in [0.25, 0.3) is 5.91 Å². The highest BCUT2D eigenvalue weighted by Crippen LogP contribution is 2.30. The van der Waals surface area contributed by atoms with E-state index in [1.54, 1.807) is 7.11 Å². The van der Waals surface area contributed by atoms with Gasteiger partial charge in [-0.15, -0.1) is 0 Å². The van der Waals surface area contributed by atoms with Crippen LogP contribution in [0.3, 0.4) is 0 Å². The second-order valence-electron chi connectivity index (χ2n) is 5.57. The molecule has 0 radical (unpaired) electrons. The minimum atomic E-state index is -0.614. The minimum absolute atomic E-state index is 0.0914. The van der Waals surface area contributed by atoms with Crippen LogP contribution in [0.4, 0.5) is 0 Å². The highest BCUT2D eigenvalue weighted by molar-refractivity contribution is 5.82. The fourth-order valence-electron chi connectivity index (χ4n) is 3.05. The summed E-state index contributed by atoms with van der Waals surface area (Å²) in [4.78, 5) is 12.5. The molecule has 4 nitrogen and oxygen atoms in total. The third-order valence-corrected chi connectivity index (χ3v) is 4.19. The predicted octanol–water partition coefficient (Wildman–Crippen LogP) is 2.11. The SMILES string of the molecule is COC(C(=O)N[C@H]1Cc2ccccc2[C@@H]1N)c1ccccc1. The van der Waals surface area contributed by atoms with Crippen LogP contribution in [-0.4, -0.2) is 19.1 Å². The van der Waals surface area contributed by atoms with E-state index in [4.69, 9.17) is 10.5 Å². The molecule has 0 aliphatic heterocycles. The maximum absolute atomic E-state index is 12.5. The summed E-state index contributed by atoms with van der Waals surface area (Å²) >= 11 is 0. The number of hydrogen-bond donors (Lipinski definition) is 2. The van der Waals surface area contributed by atoms with Gasteiger partial charge < -0.3 is 15.8 Å². The van der Waals surface area contributed by atoms with E-state index in [-0.39, 0.29) is 18.0 Å². The van der Waals surface area contributed by atoms with Gasteiger partial charge in [-0.1, -0.05) is 54.6 Å². The molecule has 22 heavy (non-hydrogen) atoms. The van der Waals surface area contributed by atoms with Crippen molar-refractivity contribution >= 4 is 5.91 Å². The van der Waals surface area contributed by atoms with Gasteiger partial charge in [0.15, 0.2) is 6.10 Å². The fourth-order valence-corrected chi connectivity index (χ4v) is 3.05. The van der Waals surface area contributed by atoms with Gasteiger partial charge in [-0.3, -0.25) is 4.79 Å². The van der Waals surface area contributed by atoms with Crippen LogP contribution in [0, 0.1) is 0 Å². The summed E-state index contributed by atoms with van der Waals surface area (Å²) in [5.74, 6) is -0.151. The van der Waals surface area contributed by atoms with Crippen LogP contribution < -0.4 is 11.1 Å². The number of rotatable bonds is 4. The van der Waals surface area contributed by atoms with Crippen LogP contribution >= 0.6 is 0 Å². The molecular weight excluding hydrogens is 276 g/mol. The first-order valence-electron chi connectivity index (χ1n) is 7.42. The molecule has 0 saturated carbocycles. The summed E-state index contributed by atoms with van der Waals surface area (Å²) < 4.78 is 5.37. The second-order valence-corrected chi connectivity index (χ2v) is 5.57. The Morgan fingerprint density at radius 2 is 1.86 bits per heavy atom. The lowest BCUT2D eigenvalue weighted by molar-refractivity contribution is -0.132. The van der Waals surface area contributed by atoms with Gasteiger partial charge in [0.05, 0.1) is 12.1 Å². The normalized spacial score (nSPS) is 21.2. The summed E-state index contributed by atoms with van der Waals surface area (Å²) in [7, 11) is 1.54. The van der Waals surface area contributed by atoms with E-state index in [0.717, 1.165) is 17.5 Å². The standard InChI is InChI=1S/C18H20N2O2/c1-22-17(12-7-3-2-4-8-12)18(21)20-15-11-13-9-5-6-10-14(13)16(15)19/h2-10,15-17H,11,19H2,1H3,(H,20,21)/t15-,16-,17?/m0/s1. The zero-order chi connectivity index (χ0) is 15.5. The molecule has 1 unspecified atom stereocenters. The Hall–Kier alpha value is -2.17. The summed E-state index contributed by atoms with van der Waals surface area (Å²) in [6.07, 6.45) is 0.144. The number of amides is 1. The zero-order valence-electron chi connectivity index (χ0n) is 12.5. The molecule has 114 valence electrons. The maximum atomic E-state index is 12.5. The predicted molar refractivity (Wildman–Crippen MR) is 85.2 cm³/mol. The Bertz CT molecular complexity index is 657. The van der Waals surface area contributed by atoms with Crippen molar-refractivity contribution in [3.8, 4) is 0 Å². The molecule has 3 rings (SSSR count). The highest BCUT2D eigenvalue weighted by Gasteiger charge is 2.32. The molecule has 0 heterocycles. The molecule has 2 aromatic carbocycles. The van der Waals surface area contributed by atoms with Crippen LogP contribution in [0.15, 0.2) is 54.6 Å². The van der Waals surface area contributed by atoms with Crippen LogP contribution in [-0.2, 0) is 16.0 Å². The molecule has 0 saturated heterocycles. The molecule has 1 aliphatic rings. The topological polar surface area (TPSA) is 64.3 Å². The van der Waals surface area contributed by atoms with Crippen LogP contribution in [0.5, 0.6) is 0 Å². The van der Waals surface area contributed by atoms with Gasteiger partial charge in [-0.25, -0.2) is 0 Å². The molecule has 0 spiro atoms. The number of nitrogens with one attached hydrogen (secondary N) is 1. The maximum Gasteiger partial charge on any atom is 0.254 e. The second kappa shape index (κ2) is 6.30. The Kier molecular flexibility index (Phi) is 4.22. The minimum Gasteiger partial charge on any atom is -0.367 e. The van der Waals surface area contributed by atoms with Crippen molar-refractivity contribution < 1.29 is 9.53 Å². The molecule has 3 N–H and O–H groups in total. The largest absolute Gasteiger partial charge is 0.367 e. The van der Waals surface area contributed by atoms with E-state index in [0.29, 0.717) is 0 Å². The van der Waals surface area contributed by atoms with Crippen molar-refractivity contribution in [2.75, 3.05) is 7.11 Å². The van der Waals surface area contributed by atoms with Gasteiger partial charge in [0.1, 0.15) is 0 Å². The molecule has 0 bridgehead atoms. The summed E-state index contributed by atoms with van der Waals surface area (Å²) in [6, 6.07) is 17.3. The Morgan fingerprint density at radius 1 is 1.18 bits per heavy atom. The van der Waals surface area contributed by atoms with Gasteiger partial charge in [-0.05, 0) is 23.1 Å². The first-order valence-corrected chi connectivity index (χ1v) is 7.42. The summed E-state index contributed by atoms with van der Waals surface area (Å²) in [5.41, 5.74) is 9.42.